The van der Waals surface area contributed by atoms with Crippen molar-refractivity contribution < 1.29 is 4.79 Å². The highest BCUT2D eigenvalue weighted by molar-refractivity contribution is 5.86. The molecule has 106 valence electrons. The van der Waals surface area contributed by atoms with Gasteiger partial charge in [-0.15, -0.1) is 0 Å². The zero-order chi connectivity index (χ0) is 13.6. The average molecular weight is 270 g/mol. The second kappa shape index (κ2) is 4.51. The second-order valence-electron chi connectivity index (χ2n) is 6.71. The Labute approximate surface area is 120 Å². The Morgan fingerprint density at radius 3 is 2.80 bits per heavy atom. The molecule has 20 heavy (non-hydrogen) atoms. The highest BCUT2D eigenvalue weighted by atomic mass is 16.1. The average Bonchev–Trinajstić information content (AvgIpc) is 3.37. The molecule has 1 atom stereocenters. The molecule has 3 heteroatoms. The van der Waals surface area contributed by atoms with Gasteiger partial charge >= 0.3 is 0 Å². The van der Waals surface area contributed by atoms with Crippen molar-refractivity contribution in [1.82, 2.24) is 5.32 Å². The monoisotopic (exact) mass is 270 g/mol. The lowest BCUT2D eigenvalue weighted by Gasteiger charge is -2.26. The molecule has 1 unspecified atom stereocenters. The normalized spacial score (nSPS) is 26.3. The predicted octanol–water partition coefficient (Wildman–Crippen LogP) is 2.89. The number of carbonyl (C=O) groups excluding carboxylic acids is 1. The molecule has 2 fully saturated rings. The summed E-state index contributed by atoms with van der Waals surface area (Å²) in [6.07, 6.45) is 6.30. The van der Waals surface area contributed by atoms with Gasteiger partial charge < -0.3 is 10.6 Å². The fourth-order valence-corrected chi connectivity index (χ4v) is 3.71. The van der Waals surface area contributed by atoms with E-state index in [-0.39, 0.29) is 11.8 Å². The van der Waals surface area contributed by atoms with E-state index >= 15 is 0 Å². The second-order valence-corrected chi connectivity index (χ2v) is 6.71. The van der Waals surface area contributed by atoms with Gasteiger partial charge in [0.25, 0.3) is 0 Å². The van der Waals surface area contributed by atoms with Crippen LogP contribution in [-0.4, -0.2) is 19.0 Å². The molecule has 3 aliphatic rings. The highest BCUT2D eigenvalue weighted by Gasteiger charge is 2.53. The molecule has 1 aliphatic heterocycles. The van der Waals surface area contributed by atoms with Gasteiger partial charge in [-0.05, 0) is 55.1 Å². The molecule has 0 radical (unpaired) electrons. The van der Waals surface area contributed by atoms with E-state index in [0.29, 0.717) is 5.41 Å². The summed E-state index contributed by atoms with van der Waals surface area (Å²) in [5, 5.41) is 6.63. The van der Waals surface area contributed by atoms with Crippen LogP contribution >= 0.6 is 0 Å². The summed E-state index contributed by atoms with van der Waals surface area (Å²) in [4.78, 5) is 12.5. The lowest BCUT2D eigenvalue weighted by atomic mass is 9.90. The number of amides is 1. The summed E-state index contributed by atoms with van der Waals surface area (Å²) in [5.74, 6) is 1.16. The molecule has 0 bridgehead atoms. The lowest BCUT2D eigenvalue weighted by Crippen LogP contribution is -2.37. The third kappa shape index (κ3) is 2.09. The van der Waals surface area contributed by atoms with Crippen LogP contribution in [0.2, 0.25) is 0 Å². The maximum atomic E-state index is 12.5. The summed E-state index contributed by atoms with van der Waals surface area (Å²) in [5.41, 5.74) is 2.77. The van der Waals surface area contributed by atoms with Crippen LogP contribution in [0.1, 0.15) is 43.6 Å². The van der Waals surface area contributed by atoms with E-state index in [1.807, 2.05) is 12.1 Å². The fourth-order valence-electron chi connectivity index (χ4n) is 3.71. The van der Waals surface area contributed by atoms with Crippen LogP contribution < -0.4 is 10.6 Å². The number of rotatable bonds is 4. The maximum Gasteiger partial charge on any atom is 0.227 e. The van der Waals surface area contributed by atoms with Gasteiger partial charge in [0.2, 0.25) is 5.91 Å². The van der Waals surface area contributed by atoms with Gasteiger partial charge in [0, 0.05) is 18.8 Å². The molecule has 0 spiro atoms. The summed E-state index contributed by atoms with van der Waals surface area (Å²) < 4.78 is 0. The predicted molar refractivity (Wildman–Crippen MR) is 79.7 cm³/mol. The number of hydrogen-bond acceptors (Lipinski definition) is 2. The van der Waals surface area contributed by atoms with E-state index in [2.05, 4.69) is 22.8 Å². The Kier molecular flexibility index (Phi) is 2.76. The van der Waals surface area contributed by atoms with Crippen molar-refractivity contribution in [3.63, 3.8) is 0 Å². The van der Waals surface area contributed by atoms with Crippen LogP contribution in [0.3, 0.4) is 0 Å². The number of carbonyl (C=O) groups is 1. The minimum atomic E-state index is 0.0300. The van der Waals surface area contributed by atoms with E-state index < -0.39 is 0 Å². The Hall–Kier alpha value is -1.51. The van der Waals surface area contributed by atoms with Gasteiger partial charge in [-0.3, -0.25) is 4.79 Å². The molecule has 1 aromatic carbocycles. The Balaban J connectivity index is 1.44. The van der Waals surface area contributed by atoms with E-state index in [1.54, 1.807) is 0 Å². The number of para-hydroxylation sites is 1. The van der Waals surface area contributed by atoms with Gasteiger partial charge in [0.15, 0.2) is 0 Å². The maximum absolute atomic E-state index is 12.5. The molecule has 2 N–H and O–H groups in total. The van der Waals surface area contributed by atoms with Crippen LogP contribution in [0.5, 0.6) is 0 Å². The number of hydrogen-bond donors (Lipinski definition) is 2. The van der Waals surface area contributed by atoms with Gasteiger partial charge in [-0.2, -0.15) is 0 Å². The zero-order valence-electron chi connectivity index (χ0n) is 11.8. The van der Waals surface area contributed by atoms with Crippen LogP contribution in [0.25, 0.3) is 0 Å². The van der Waals surface area contributed by atoms with Crippen LogP contribution in [0.15, 0.2) is 24.3 Å². The van der Waals surface area contributed by atoms with Crippen molar-refractivity contribution in [2.24, 2.45) is 11.3 Å². The first kappa shape index (κ1) is 12.2. The lowest BCUT2D eigenvalue weighted by molar-refractivity contribution is -0.123. The molecule has 4 rings (SSSR count). The minimum Gasteiger partial charge on any atom is -0.385 e. The summed E-state index contributed by atoms with van der Waals surface area (Å²) in [6, 6.07) is 8.21. The fraction of sp³-hybridized carbons (Fsp3) is 0.588. The van der Waals surface area contributed by atoms with Gasteiger partial charge in [0.1, 0.15) is 0 Å². The van der Waals surface area contributed by atoms with Crippen molar-refractivity contribution in [2.75, 3.05) is 18.4 Å². The first-order valence-corrected chi connectivity index (χ1v) is 7.89. The van der Waals surface area contributed by atoms with Gasteiger partial charge in [0.05, 0.1) is 5.92 Å². The Morgan fingerprint density at radius 2 is 2.05 bits per heavy atom. The third-order valence-electron chi connectivity index (χ3n) is 5.35. The standard InChI is InChI=1S/C17H22N2O/c20-16(19-11-17(8-9-17)12-5-6-12)14-7-10-18-15-4-2-1-3-13(14)15/h1-4,12,14,18H,5-11H2,(H,19,20). The number of anilines is 1. The summed E-state index contributed by atoms with van der Waals surface area (Å²) in [7, 11) is 0. The van der Waals surface area contributed by atoms with Gasteiger partial charge in [-0.1, -0.05) is 18.2 Å². The molecule has 2 saturated carbocycles. The van der Waals surface area contributed by atoms with E-state index in [0.717, 1.165) is 36.7 Å². The Bertz CT molecular complexity index is 532. The van der Waals surface area contributed by atoms with E-state index in [1.165, 1.54) is 25.7 Å². The molecule has 1 aromatic rings. The first-order chi connectivity index (χ1) is 9.78. The molecular weight excluding hydrogens is 248 g/mol. The van der Waals surface area contributed by atoms with E-state index in [4.69, 9.17) is 0 Å². The summed E-state index contributed by atoms with van der Waals surface area (Å²) >= 11 is 0. The highest BCUT2D eigenvalue weighted by Crippen LogP contribution is 2.60. The van der Waals surface area contributed by atoms with Crippen molar-refractivity contribution in [3.05, 3.63) is 29.8 Å². The molecule has 1 amide bonds. The topological polar surface area (TPSA) is 41.1 Å². The van der Waals surface area contributed by atoms with Crippen molar-refractivity contribution >= 4 is 11.6 Å². The molecule has 0 aromatic heterocycles. The van der Waals surface area contributed by atoms with Crippen molar-refractivity contribution in [3.8, 4) is 0 Å². The number of benzene rings is 1. The molecule has 0 saturated heterocycles. The Morgan fingerprint density at radius 1 is 1.25 bits per heavy atom. The first-order valence-electron chi connectivity index (χ1n) is 7.89. The smallest absolute Gasteiger partial charge is 0.227 e. The van der Waals surface area contributed by atoms with Crippen molar-refractivity contribution in [2.45, 2.75) is 38.0 Å². The molecule has 3 nitrogen and oxygen atoms in total. The minimum absolute atomic E-state index is 0.0300. The van der Waals surface area contributed by atoms with Crippen LogP contribution in [0.4, 0.5) is 5.69 Å². The number of nitrogens with one attached hydrogen (secondary N) is 2. The quantitative estimate of drug-likeness (QED) is 0.883. The summed E-state index contributed by atoms with van der Waals surface area (Å²) in [6.45, 7) is 1.80. The SMILES string of the molecule is O=C(NCC1(C2CC2)CC1)C1CCNc2ccccc21. The third-order valence-corrected chi connectivity index (χ3v) is 5.35. The van der Waals surface area contributed by atoms with Crippen LogP contribution in [-0.2, 0) is 4.79 Å². The number of fused-ring (bicyclic) bond motifs is 1. The van der Waals surface area contributed by atoms with Gasteiger partial charge in [-0.25, -0.2) is 0 Å². The van der Waals surface area contributed by atoms with E-state index in [9.17, 15) is 4.79 Å². The molecule has 1 heterocycles. The molecular formula is C17H22N2O. The largest absolute Gasteiger partial charge is 0.385 e. The molecule has 2 aliphatic carbocycles. The zero-order valence-corrected chi connectivity index (χ0v) is 11.8. The van der Waals surface area contributed by atoms with Crippen LogP contribution in [0, 0.1) is 11.3 Å². The van der Waals surface area contributed by atoms with Crippen molar-refractivity contribution in [1.29, 1.82) is 0 Å².